The molecule has 0 atom stereocenters. The number of halogens is 1. The number of nitrogens with two attached hydrogens (primary N) is 1. The second kappa shape index (κ2) is 20.5. The summed E-state index contributed by atoms with van der Waals surface area (Å²) < 4.78 is 28.5. The predicted octanol–water partition coefficient (Wildman–Crippen LogP) is 7.23. The van der Waals surface area contributed by atoms with Crippen LogP contribution in [-0.2, 0) is 14.1 Å². The molecule has 0 bridgehead atoms. The quantitative estimate of drug-likeness (QED) is 0.0589. The third-order valence-corrected chi connectivity index (χ3v) is 6.80. The molecule has 0 aliphatic carbocycles. The minimum atomic E-state index is -3.83. The number of carboxylic acids is 1. The van der Waals surface area contributed by atoms with Crippen LogP contribution in [0.5, 0.6) is 11.5 Å². The molecule has 0 fully saturated rings. The zero-order chi connectivity index (χ0) is 33.8. The normalized spacial score (nSPS) is 10.9. The Morgan fingerprint density at radius 2 is 1.47 bits per heavy atom. The lowest BCUT2D eigenvalue weighted by atomic mass is 10.1. The molecule has 244 valence electrons. The Labute approximate surface area is 268 Å². The number of nitrogens with zero attached hydrogens (tertiary/aromatic N) is 4. The summed E-state index contributed by atoms with van der Waals surface area (Å²) in [4.78, 5) is 25.9. The first-order valence-electron chi connectivity index (χ1n) is 13.8. The van der Waals surface area contributed by atoms with E-state index >= 15 is 0 Å². The van der Waals surface area contributed by atoms with Crippen LogP contribution in [0, 0.1) is 6.92 Å². The summed E-state index contributed by atoms with van der Waals surface area (Å²) in [6, 6.07) is 20.6. The number of esters is 1. The van der Waals surface area contributed by atoms with Gasteiger partial charge >= 0.3 is 19.7 Å². The standard InChI is InChI=1S/C16H20N3O3P.C12H13ClN2O4.C2H7N/c1-3-19(4-2)17-18-23(20,21-15-11-7-5-8-12-15)22-16-13-9-6-10-14-16;1-6-4-9(13)8(12(18)19-3)5-10(6)15-14-7(2)11(16)17;1-2-3/h5-14H,3-4H2,1-2H3;4-5,15H,1-3H3,(H,16,17);2-3H2,1H3/b;14-7-;. The minimum Gasteiger partial charge on any atom is -0.477 e. The lowest BCUT2D eigenvalue weighted by molar-refractivity contribution is -0.129. The second-order valence-corrected chi connectivity index (χ2v) is 10.6. The average molecular weight is 663 g/mol. The molecule has 0 spiro atoms. The molecule has 4 N–H and O–H groups in total. The number of hydrogen-bond acceptors (Lipinski definition) is 10. The fraction of sp³-hybridized carbons (Fsp3) is 0.300. The molecule has 0 heterocycles. The van der Waals surface area contributed by atoms with Gasteiger partial charge in [-0.3, -0.25) is 10.4 Å². The monoisotopic (exact) mass is 662 g/mol. The molecule has 0 aromatic heterocycles. The van der Waals surface area contributed by atoms with Gasteiger partial charge in [-0.15, -0.1) is 0 Å². The summed E-state index contributed by atoms with van der Waals surface area (Å²) >= 11 is 5.93. The first kappa shape index (κ1) is 38.6. The van der Waals surface area contributed by atoms with Gasteiger partial charge in [-0.2, -0.15) is 5.10 Å². The number of anilines is 1. The molecule has 0 amide bonds. The molecule has 0 radical (unpaired) electrons. The lowest BCUT2D eigenvalue weighted by Crippen LogP contribution is -2.15. The fourth-order valence-corrected chi connectivity index (χ4v) is 4.38. The maximum absolute atomic E-state index is 13.0. The smallest absolute Gasteiger partial charge is 0.477 e. The Hall–Kier alpha value is -4.45. The summed E-state index contributed by atoms with van der Waals surface area (Å²) in [5.41, 5.74) is 8.71. The molecule has 45 heavy (non-hydrogen) atoms. The maximum atomic E-state index is 13.0. The van der Waals surface area contributed by atoms with Crippen molar-refractivity contribution in [3.8, 4) is 11.5 Å². The highest BCUT2D eigenvalue weighted by atomic mass is 35.5. The number of rotatable bonds is 12. The Kier molecular flexibility index (Phi) is 17.6. The Balaban J connectivity index is 0.000000421. The zero-order valence-electron chi connectivity index (χ0n) is 26.1. The fourth-order valence-electron chi connectivity index (χ4n) is 2.99. The minimum absolute atomic E-state index is 0.103. The van der Waals surface area contributed by atoms with Gasteiger partial charge in [0.05, 0.1) is 23.4 Å². The van der Waals surface area contributed by atoms with Gasteiger partial charge in [-0.25, -0.2) is 14.2 Å². The highest BCUT2D eigenvalue weighted by Crippen LogP contribution is 2.50. The van der Waals surface area contributed by atoms with Crippen molar-refractivity contribution in [2.75, 3.05) is 32.2 Å². The van der Waals surface area contributed by atoms with Crippen LogP contribution in [0.2, 0.25) is 5.02 Å². The highest BCUT2D eigenvalue weighted by molar-refractivity contribution is 7.53. The predicted molar refractivity (Wildman–Crippen MR) is 176 cm³/mol. The van der Waals surface area contributed by atoms with Gasteiger partial charge in [0, 0.05) is 13.1 Å². The molecular weight excluding hydrogens is 623 g/mol. The highest BCUT2D eigenvalue weighted by Gasteiger charge is 2.29. The summed E-state index contributed by atoms with van der Waals surface area (Å²) in [5, 5.41) is 18.3. The SMILES string of the molecule is CCN.CCN(CC)N=NP(=O)(Oc1ccccc1)Oc1ccccc1.COC(=O)c1cc(N/N=C(/C)C(=O)O)c(C)cc1Cl. The van der Waals surface area contributed by atoms with Gasteiger partial charge in [0.15, 0.2) is 0 Å². The van der Waals surface area contributed by atoms with E-state index in [-0.39, 0.29) is 16.3 Å². The molecular formula is C30H40ClN6O7P. The third-order valence-electron chi connectivity index (χ3n) is 5.31. The average Bonchev–Trinajstić information content (AvgIpc) is 3.02. The van der Waals surface area contributed by atoms with E-state index in [4.69, 9.17) is 31.5 Å². The van der Waals surface area contributed by atoms with Crippen LogP contribution in [0.3, 0.4) is 0 Å². The van der Waals surface area contributed by atoms with Crippen LogP contribution in [0.15, 0.2) is 88.0 Å². The van der Waals surface area contributed by atoms with Crippen LogP contribution in [-0.4, -0.2) is 54.5 Å². The van der Waals surface area contributed by atoms with Crippen molar-refractivity contribution < 1.29 is 33.0 Å². The summed E-state index contributed by atoms with van der Waals surface area (Å²) in [6.07, 6.45) is 0. The molecule has 3 aromatic carbocycles. The number of carbonyl (C=O) groups excluding carboxylic acids is 1. The number of carboxylic acid groups (broad SMARTS) is 1. The van der Waals surface area contributed by atoms with Gasteiger partial charge in [-0.05, 0) is 81.1 Å². The maximum Gasteiger partial charge on any atom is 0.583 e. The molecule has 15 heteroatoms. The summed E-state index contributed by atoms with van der Waals surface area (Å²) in [5.74, 6) is -0.894. The number of carbonyl (C=O) groups is 2. The third kappa shape index (κ3) is 14.3. The molecule has 0 aliphatic rings. The number of methoxy groups -OCH3 is 1. The van der Waals surface area contributed by atoms with E-state index in [0.29, 0.717) is 30.3 Å². The molecule has 0 saturated heterocycles. The molecule has 0 saturated carbocycles. The van der Waals surface area contributed by atoms with Crippen molar-refractivity contribution in [1.29, 1.82) is 0 Å². The Morgan fingerprint density at radius 1 is 0.978 bits per heavy atom. The van der Waals surface area contributed by atoms with Crippen LogP contribution < -0.4 is 20.2 Å². The number of para-hydroxylation sites is 2. The van der Waals surface area contributed by atoms with Crippen molar-refractivity contribution in [1.82, 2.24) is 5.01 Å². The molecule has 0 aliphatic heterocycles. The summed E-state index contributed by atoms with van der Waals surface area (Å²) in [7, 11) is -2.58. The van der Waals surface area contributed by atoms with E-state index in [1.165, 1.54) is 20.1 Å². The van der Waals surface area contributed by atoms with Gasteiger partial charge < -0.3 is 24.6 Å². The van der Waals surface area contributed by atoms with E-state index in [9.17, 15) is 14.2 Å². The van der Waals surface area contributed by atoms with Crippen LogP contribution in [0.25, 0.3) is 0 Å². The molecule has 0 unspecified atom stereocenters. The van der Waals surface area contributed by atoms with Crippen molar-refractivity contribution in [3.05, 3.63) is 88.9 Å². The lowest BCUT2D eigenvalue weighted by Gasteiger charge is -2.17. The topological polar surface area (TPSA) is 177 Å². The van der Waals surface area contributed by atoms with Crippen LogP contribution >= 0.6 is 19.3 Å². The number of hydrogen-bond donors (Lipinski definition) is 3. The number of benzene rings is 3. The number of hydrazone groups is 1. The van der Waals surface area contributed by atoms with E-state index in [1.807, 2.05) is 32.9 Å². The number of ether oxygens (including phenoxy) is 1. The van der Waals surface area contributed by atoms with Crippen molar-refractivity contribution in [3.63, 3.8) is 0 Å². The van der Waals surface area contributed by atoms with E-state index in [1.54, 1.807) is 66.5 Å². The van der Waals surface area contributed by atoms with Crippen LogP contribution in [0.1, 0.15) is 43.6 Å². The van der Waals surface area contributed by atoms with Crippen molar-refractivity contribution >= 4 is 42.7 Å². The van der Waals surface area contributed by atoms with E-state index in [2.05, 4.69) is 25.4 Å². The molecule has 3 rings (SSSR count). The first-order chi connectivity index (χ1) is 21.4. The van der Waals surface area contributed by atoms with Gasteiger partial charge in [0.1, 0.15) is 17.2 Å². The molecule has 13 nitrogen and oxygen atoms in total. The van der Waals surface area contributed by atoms with Gasteiger partial charge in [0.25, 0.3) is 0 Å². The van der Waals surface area contributed by atoms with Gasteiger partial charge in [0.2, 0.25) is 0 Å². The van der Waals surface area contributed by atoms with E-state index < -0.39 is 19.7 Å². The van der Waals surface area contributed by atoms with Gasteiger partial charge in [-0.1, -0.05) is 60.1 Å². The van der Waals surface area contributed by atoms with Crippen molar-refractivity contribution in [2.24, 2.45) is 20.9 Å². The largest absolute Gasteiger partial charge is 0.583 e. The van der Waals surface area contributed by atoms with Crippen LogP contribution in [0.4, 0.5) is 5.69 Å². The molecule has 3 aromatic rings. The summed E-state index contributed by atoms with van der Waals surface area (Å²) in [6.45, 7) is 10.9. The van der Waals surface area contributed by atoms with Crippen molar-refractivity contribution in [2.45, 2.75) is 34.6 Å². The number of aliphatic carboxylic acids is 1. The first-order valence-corrected chi connectivity index (χ1v) is 15.7. The van der Waals surface area contributed by atoms with E-state index in [0.717, 1.165) is 12.1 Å². The Bertz CT molecular complexity index is 1410. The Morgan fingerprint density at radius 3 is 1.89 bits per heavy atom. The second-order valence-electron chi connectivity index (χ2n) is 8.76. The number of aryl methyl sites for hydroxylation is 1. The number of nitrogens with one attached hydrogen (secondary N) is 1. The zero-order valence-corrected chi connectivity index (χ0v) is 27.8.